The summed E-state index contributed by atoms with van der Waals surface area (Å²) < 4.78 is 0. The molecule has 2 saturated heterocycles. The number of pyridine rings is 1. The van der Waals surface area contributed by atoms with Gasteiger partial charge in [0.2, 0.25) is 5.91 Å². The average molecular weight is 407 g/mol. The minimum Gasteiger partial charge on any atom is -0.339 e. The van der Waals surface area contributed by atoms with E-state index in [1.54, 1.807) is 24.5 Å². The average Bonchev–Trinajstić information content (AvgIpc) is 2.80. The van der Waals surface area contributed by atoms with Gasteiger partial charge in [0.1, 0.15) is 0 Å². The zero-order chi connectivity index (χ0) is 20.8. The predicted octanol–water partition coefficient (Wildman–Crippen LogP) is 3.56. The molecular formula is C24H30N4O2. The van der Waals surface area contributed by atoms with Crippen LogP contribution >= 0.6 is 0 Å². The van der Waals surface area contributed by atoms with Crippen LogP contribution in [0.1, 0.15) is 48.0 Å². The number of amides is 2. The molecule has 6 nitrogen and oxygen atoms in total. The molecule has 1 aromatic heterocycles. The lowest BCUT2D eigenvalue weighted by Gasteiger charge is -2.31. The molecule has 0 atom stereocenters. The second kappa shape index (κ2) is 9.85. The van der Waals surface area contributed by atoms with Crippen molar-refractivity contribution in [1.82, 2.24) is 14.8 Å². The van der Waals surface area contributed by atoms with Crippen molar-refractivity contribution in [2.24, 2.45) is 5.92 Å². The van der Waals surface area contributed by atoms with Crippen LogP contribution in [0.3, 0.4) is 0 Å². The molecule has 2 amide bonds. The molecule has 6 heteroatoms. The summed E-state index contributed by atoms with van der Waals surface area (Å²) >= 11 is 0. The third kappa shape index (κ3) is 5.25. The summed E-state index contributed by atoms with van der Waals surface area (Å²) in [6.45, 7) is 4.53. The first kappa shape index (κ1) is 20.5. The summed E-state index contributed by atoms with van der Waals surface area (Å²) in [5.74, 6) is 0.0250. The number of likely N-dealkylation sites (tertiary alicyclic amines) is 2. The van der Waals surface area contributed by atoms with Crippen molar-refractivity contribution in [3.05, 3.63) is 59.9 Å². The molecule has 4 rings (SSSR count). The molecule has 3 heterocycles. The Morgan fingerprint density at radius 3 is 2.23 bits per heavy atom. The molecule has 0 aliphatic carbocycles. The lowest BCUT2D eigenvalue weighted by molar-refractivity contribution is -0.121. The zero-order valence-electron chi connectivity index (χ0n) is 17.4. The molecule has 1 aromatic carbocycles. The molecule has 2 aromatic rings. The molecule has 0 radical (unpaired) electrons. The molecule has 158 valence electrons. The van der Waals surface area contributed by atoms with Gasteiger partial charge in [-0.2, -0.15) is 0 Å². The van der Waals surface area contributed by atoms with E-state index in [1.165, 1.54) is 37.9 Å². The normalized spacial score (nSPS) is 18.2. The third-order valence-corrected chi connectivity index (χ3v) is 6.16. The van der Waals surface area contributed by atoms with E-state index in [0.29, 0.717) is 25.9 Å². The van der Waals surface area contributed by atoms with Gasteiger partial charge in [-0.25, -0.2) is 0 Å². The van der Waals surface area contributed by atoms with E-state index >= 15 is 0 Å². The van der Waals surface area contributed by atoms with Crippen LogP contribution in [0.2, 0.25) is 0 Å². The molecule has 30 heavy (non-hydrogen) atoms. The number of hydrogen-bond acceptors (Lipinski definition) is 4. The smallest absolute Gasteiger partial charge is 0.253 e. The van der Waals surface area contributed by atoms with Gasteiger partial charge < -0.3 is 10.2 Å². The first-order valence-electron chi connectivity index (χ1n) is 11.0. The summed E-state index contributed by atoms with van der Waals surface area (Å²) in [4.78, 5) is 33.7. The van der Waals surface area contributed by atoms with Crippen LogP contribution in [0, 0.1) is 5.92 Å². The van der Waals surface area contributed by atoms with Gasteiger partial charge in [-0.05, 0) is 68.6 Å². The summed E-state index contributed by atoms with van der Waals surface area (Å²) in [6, 6.07) is 11.6. The highest BCUT2D eigenvalue weighted by molar-refractivity contribution is 5.95. The van der Waals surface area contributed by atoms with Gasteiger partial charge in [-0.3, -0.25) is 19.5 Å². The zero-order valence-corrected chi connectivity index (χ0v) is 17.4. The number of benzene rings is 1. The van der Waals surface area contributed by atoms with Crippen LogP contribution in [-0.4, -0.2) is 52.8 Å². The lowest BCUT2D eigenvalue weighted by Crippen LogP contribution is -2.41. The van der Waals surface area contributed by atoms with Gasteiger partial charge in [0.15, 0.2) is 0 Å². The Balaban J connectivity index is 1.27. The Morgan fingerprint density at radius 1 is 0.900 bits per heavy atom. The quantitative estimate of drug-likeness (QED) is 0.825. The summed E-state index contributed by atoms with van der Waals surface area (Å²) in [7, 11) is 0. The van der Waals surface area contributed by atoms with E-state index in [9.17, 15) is 9.59 Å². The van der Waals surface area contributed by atoms with E-state index in [2.05, 4.69) is 27.3 Å². The fraction of sp³-hybridized carbons (Fsp3) is 0.458. The topological polar surface area (TPSA) is 65.5 Å². The standard InChI is InChI=1S/C24H30N4O2/c29-23(26-22-8-12-25-13-9-22)20-10-16-28(17-11-20)24(30)21-6-4-19(5-7-21)18-27-14-2-1-3-15-27/h4-9,12-13,20H,1-3,10-11,14-18H2,(H,25,26,29). The van der Waals surface area contributed by atoms with Crippen LogP contribution in [0.4, 0.5) is 5.69 Å². The van der Waals surface area contributed by atoms with E-state index in [-0.39, 0.29) is 17.7 Å². The predicted molar refractivity (Wildman–Crippen MR) is 117 cm³/mol. The molecule has 2 aliphatic heterocycles. The minimum atomic E-state index is -0.0610. The maximum absolute atomic E-state index is 12.9. The Hall–Kier alpha value is -2.73. The van der Waals surface area contributed by atoms with E-state index in [0.717, 1.165) is 17.8 Å². The number of aromatic nitrogens is 1. The molecule has 0 unspecified atom stereocenters. The summed E-state index contributed by atoms with van der Waals surface area (Å²) in [5.41, 5.74) is 2.76. The molecular weight excluding hydrogens is 376 g/mol. The third-order valence-electron chi connectivity index (χ3n) is 6.16. The first-order valence-corrected chi connectivity index (χ1v) is 11.0. The van der Waals surface area contributed by atoms with Gasteiger partial charge in [0.05, 0.1) is 0 Å². The number of hydrogen-bond donors (Lipinski definition) is 1. The maximum atomic E-state index is 12.9. The highest BCUT2D eigenvalue weighted by atomic mass is 16.2. The molecule has 0 saturated carbocycles. The van der Waals surface area contributed by atoms with Gasteiger partial charge in [0, 0.05) is 49.2 Å². The summed E-state index contributed by atoms with van der Waals surface area (Å²) in [6.07, 6.45) is 8.61. The van der Waals surface area contributed by atoms with Gasteiger partial charge in [-0.1, -0.05) is 18.6 Å². The van der Waals surface area contributed by atoms with E-state index in [1.807, 2.05) is 17.0 Å². The molecule has 2 fully saturated rings. The molecule has 0 spiro atoms. The van der Waals surface area contributed by atoms with Crippen molar-refractivity contribution >= 4 is 17.5 Å². The number of rotatable bonds is 5. The van der Waals surface area contributed by atoms with Crippen LogP contribution < -0.4 is 5.32 Å². The van der Waals surface area contributed by atoms with Crippen LogP contribution in [0.25, 0.3) is 0 Å². The molecule has 0 bridgehead atoms. The van der Waals surface area contributed by atoms with Gasteiger partial charge in [-0.15, -0.1) is 0 Å². The fourth-order valence-corrected chi connectivity index (χ4v) is 4.34. The second-order valence-corrected chi connectivity index (χ2v) is 8.33. The van der Waals surface area contributed by atoms with Crippen molar-refractivity contribution < 1.29 is 9.59 Å². The largest absolute Gasteiger partial charge is 0.339 e. The maximum Gasteiger partial charge on any atom is 0.253 e. The Kier molecular flexibility index (Phi) is 6.74. The van der Waals surface area contributed by atoms with E-state index < -0.39 is 0 Å². The Morgan fingerprint density at radius 2 is 1.57 bits per heavy atom. The van der Waals surface area contributed by atoms with Gasteiger partial charge >= 0.3 is 0 Å². The van der Waals surface area contributed by atoms with Crippen LogP contribution in [-0.2, 0) is 11.3 Å². The van der Waals surface area contributed by atoms with Crippen molar-refractivity contribution in [2.45, 2.75) is 38.6 Å². The number of piperidine rings is 2. The Bertz CT molecular complexity index is 839. The number of anilines is 1. The SMILES string of the molecule is O=C(Nc1ccncc1)C1CCN(C(=O)c2ccc(CN3CCCCC3)cc2)CC1. The first-order chi connectivity index (χ1) is 14.7. The van der Waals surface area contributed by atoms with Gasteiger partial charge in [0.25, 0.3) is 5.91 Å². The summed E-state index contributed by atoms with van der Waals surface area (Å²) in [5, 5.41) is 2.94. The Labute approximate surface area is 178 Å². The lowest BCUT2D eigenvalue weighted by atomic mass is 9.95. The number of nitrogens with one attached hydrogen (secondary N) is 1. The van der Waals surface area contributed by atoms with E-state index in [4.69, 9.17) is 0 Å². The van der Waals surface area contributed by atoms with Crippen molar-refractivity contribution in [3.63, 3.8) is 0 Å². The highest BCUT2D eigenvalue weighted by Crippen LogP contribution is 2.21. The number of carbonyl (C=O) groups excluding carboxylic acids is 2. The molecule has 1 N–H and O–H groups in total. The van der Waals surface area contributed by atoms with Crippen molar-refractivity contribution in [2.75, 3.05) is 31.5 Å². The number of nitrogens with zero attached hydrogens (tertiary/aromatic N) is 3. The highest BCUT2D eigenvalue weighted by Gasteiger charge is 2.28. The molecule has 2 aliphatic rings. The van der Waals surface area contributed by atoms with Crippen molar-refractivity contribution in [3.8, 4) is 0 Å². The monoisotopic (exact) mass is 406 g/mol. The van der Waals surface area contributed by atoms with Crippen LogP contribution in [0.15, 0.2) is 48.8 Å². The minimum absolute atomic E-state index is 0.0235. The number of carbonyl (C=O) groups is 2. The fourth-order valence-electron chi connectivity index (χ4n) is 4.34. The van der Waals surface area contributed by atoms with Crippen molar-refractivity contribution in [1.29, 1.82) is 0 Å². The van der Waals surface area contributed by atoms with Crippen LogP contribution in [0.5, 0.6) is 0 Å². The second-order valence-electron chi connectivity index (χ2n) is 8.33.